The first-order valence-electron chi connectivity index (χ1n) is 13.0. The summed E-state index contributed by atoms with van der Waals surface area (Å²) in [5.41, 5.74) is 9.11. The molecular formula is C30H39N5O5. The van der Waals surface area contributed by atoms with Gasteiger partial charge in [-0.1, -0.05) is 36.4 Å². The number of nitrogens with two attached hydrogens (primary N) is 1. The number of alkyl carbamates (subject to hydrolysis) is 1. The van der Waals surface area contributed by atoms with Gasteiger partial charge in [0.1, 0.15) is 24.2 Å². The third-order valence-corrected chi connectivity index (χ3v) is 6.33. The van der Waals surface area contributed by atoms with Crippen LogP contribution in [0.25, 0.3) is 0 Å². The largest absolute Gasteiger partial charge is 0.444 e. The van der Waals surface area contributed by atoms with Gasteiger partial charge in [-0.25, -0.2) is 4.79 Å². The number of benzene rings is 2. The van der Waals surface area contributed by atoms with Crippen LogP contribution >= 0.6 is 0 Å². The van der Waals surface area contributed by atoms with E-state index in [2.05, 4.69) is 10.6 Å². The molecule has 0 saturated carbocycles. The maximum atomic E-state index is 14.0. The van der Waals surface area contributed by atoms with Gasteiger partial charge in [-0.2, -0.15) is 5.26 Å². The number of aryl methyl sites for hydroxylation is 4. The van der Waals surface area contributed by atoms with Crippen molar-refractivity contribution >= 4 is 29.5 Å². The van der Waals surface area contributed by atoms with Gasteiger partial charge in [0.25, 0.3) is 5.91 Å². The van der Waals surface area contributed by atoms with Crippen molar-refractivity contribution < 1.29 is 23.9 Å². The molecule has 40 heavy (non-hydrogen) atoms. The molecule has 2 atom stereocenters. The van der Waals surface area contributed by atoms with Gasteiger partial charge >= 0.3 is 6.09 Å². The van der Waals surface area contributed by atoms with Crippen molar-refractivity contribution in [3.05, 3.63) is 64.2 Å². The van der Waals surface area contributed by atoms with Crippen LogP contribution in [0.1, 0.15) is 67.5 Å². The number of ether oxygens (including phenoxy) is 1. The number of primary amides is 1. The van der Waals surface area contributed by atoms with Crippen molar-refractivity contribution in [1.82, 2.24) is 10.2 Å². The van der Waals surface area contributed by atoms with Crippen LogP contribution in [0, 0.1) is 39.0 Å². The van der Waals surface area contributed by atoms with Crippen molar-refractivity contribution in [3.63, 3.8) is 0 Å². The minimum Gasteiger partial charge on any atom is -0.444 e. The summed E-state index contributed by atoms with van der Waals surface area (Å²) in [5, 5.41) is 15.2. The zero-order valence-electron chi connectivity index (χ0n) is 24.3. The summed E-state index contributed by atoms with van der Waals surface area (Å²) in [7, 11) is 0. The Morgan fingerprint density at radius 3 is 2.15 bits per heavy atom. The summed E-state index contributed by atoms with van der Waals surface area (Å²) in [4.78, 5) is 53.2. The van der Waals surface area contributed by atoms with Crippen LogP contribution in [0.4, 0.5) is 10.5 Å². The predicted molar refractivity (Wildman–Crippen MR) is 152 cm³/mol. The lowest BCUT2D eigenvalue weighted by Gasteiger charge is -2.33. The Morgan fingerprint density at radius 2 is 1.62 bits per heavy atom. The molecular weight excluding hydrogens is 510 g/mol. The molecule has 2 aromatic carbocycles. The normalized spacial score (nSPS) is 12.4. The highest BCUT2D eigenvalue weighted by Gasteiger charge is 2.37. The molecule has 0 aromatic heterocycles. The van der Waals surface area contributed by atoms with Crippen LogP contribution in [0.2, 0.25) is 0 Å². The molecule has 2 rings (SSSR count). The Morgan fingerprint density at radius 1 is 1.00 bits per heavy atom. The van der Waals surface area contributed by atoms with Crippen LogP contribution in [-0.2, 0) is 19.1 Å². The van der Waals surface area contributed by atoms with E-state index in [-0.39, 0.29) is 12.8 Å². The Bertz CT molecular complexity index is 1290. The number of carbonyl (C=O) groups is 4. The minimum absolute atomic E-state index is 0.145. The summed E-state index contributed by atoms with van der Waals surface area (Å²) in [6.45, 7) is 12.1. The lowest BCUT2D eigenvalue weighted by Crippen LogP contribution is -2.52. The van der Waals surface area contributed by atoms with E-state index in [1.807, 2.05) is 58.0 Å². The molecule has 0 aliphatic heterocycles. The van der Waals surface area contributed by atoms with Gasteiger partial charge in [-0.3, -0.25) is 14.4 Å². The Hall–Kier alpha value is -4.39. The third-order valence-electron chi connectivity index (χ3n) is 6.33. The lowest BCUT2D eigenvalue weighted by atomic mass is 9.97. The molecule has 10 nitrogen and oxygen atoms in total. The number of para-hydroxylation sites is 1. The van der Waals surface area contributed by atoms with Crippen LogP contribution in [-0.4, -0.2) is 46.9 Å². The van der Waals surface area contributed by atoms with Crippen LogP contribution in [0.5, 0.6) is 0 Å². The van der Waals surface area contributed by atoms with E-state index < -0.39 is 48.0 Å². The molecule has 214 valence electrons. The fraction of sp³-hybridized carbons (Fsp3) is 0.433. The molecule has 0 bridgehead atoms. The van der Waals surface area contributed by atoms with Crippen molar-refractivity contribution in [2.75, 3.05) is 11.9 Å². The van der Waals surface area contributed by atoms with Gasteiger partial charge in [0.05, 0.1) is 6.07 Å². The smallest absolute Gasteiger partial charge is 0.408 e. The molecule has 2 unspecified atom stereocenters. The van der Waals surface area contributed by atoms with Crippen LogP contribution in [0.3, 0.4) is 0 Å². The molecule has 2 aromatic rings. The molecule has 0 aliphatic carbocycles. The predicted octanol–water partition coefficient (Wildman–Crippen LogP) is 4.11. The van der Waals surface area contributed by atoms with Gasteiger partial charge in [0.2, 0.25) is 11.8 Å². The topological polar surface area (TPSA) is 155 Å². The molecule has 0 radical (unpaired) electrons. The van der Waals surface area contributed by atoms with E-state index >= 15 is 0 Å². The number of nitriles is 1. The molecule has 4 amide bonds. The summed E-state index contributed by atoms with van der Waals surface area (Å²) in [6.07, 6.45) is -1.24. The minimum atomic E-state index is -1.28. The van der Waals surface area contributed by atoms with Crippen molar-refractivity contribution in [3.8, 4) is 6.07 Å². The van der Waals surface area contributed by atoms with E-state index in [4.69, 9.17) is 10.5 Å². The first kappa shape index (κ1) is 31.8. The molecule has 0 saturated heterocycles. The van der Waals surface area contributed by atoms with E-state index in [0.29, 0.717) is 11.3 Å². The highest BCUT2D eigenvalue weighted by Crippen LogP contribution is 2.28. The van der Waals surface area contributed by atoms with Gasteiger partial charge in [-0.15, -0.1) is 0 Å². The molecule has 0 aliphatic rings. The maximum Gasteiger partial charge on any atom is 0.408 e. The summed E-state index contributed by atoms with van der Waals surface area (Å²) in [6, 6.07) is 10.4. The number of hydrogen-bond acceptors (Lipinski definition) is 6. The Kier molecular flexibility index (Phi) is 10.8. The quantitative estimate of drug-likeness (QED) is 0.379. The van der Waals surface area contributed by atoms with Crippen molar-refractivity contribution in [2.24, 2.45) is 5.73 Å². The Labute approximate surface area is 235 Å². The van der Waals surface area contributed by atoms with Crippen molar-refractivity contribution in [1.29, 1.82) is 5.26 Å². The maximum absolute atomic E-state index is 14.0. The second kappa shape index (κ2) is 13.6. The molecule has 0 heterocycles. The Balaban J connectivity index is 2.59. The SMILES string of the molecule is Cc1ccc(C(C(=O)Nc2c(C)cccc2C)N(CC#N)C(=O)C(CCC(N)=O)NC(=O)OC(C)(C)C)cc1C. The average Bonchev–Trinajstić information content (AvgIpc) is 2.84. The van der Waals surface area contributed by atoms with E-state index in [1.54, 1.807) is 32.9 Å². The fourth-order valence-electron chi connectivity index (χ4n) is 4.18. The first-order valence-corrected chi connectivity index (χ1v) is 13.0. The number of rotatable bonds is 10. The monoisotopic (exact) mass is 549 g/mol. The van der Waals surface area contributed by atoms with Crippen molar-refractivity contribution in [2.45, 2.75) is 79.0 Å². The van der Waals surface area contributed by atoms with E-state index in [1.165, 1.54) is 0 Å². The molecule has 0 spiro atoms. The second-order valence-corrected chi connectivity index (χ2v) is 10.8. The summed E-state index contributed by atoms with van der Waals surface area (Å²) >= 11 is 0. The number of carbonyl (C=O) groups excluding carboxylic acids is 4. The fourth-order valence-corrected chi connectivity index (χ4v) is 4.18. The first-order chi connectivity index (χ1) is 18.6. The zero-order valence-corrected chi connectivity index (χ0v) is 24.3. The summed E-state index contributed by atoms with van der Waals surface area (Å²) < 4.78 is 5.31. The molecule has 10 heteroatoms. The third kappa shape index (κ3) is 8.83. The average molecular weight is 550 g/mol. The summed E-state index contributed by atoms with van der Waals surface area (Å²) in [5.74, 6) is -1.93. The number of anilines is 1. The van der Waals surface area contributed by atoms with Gasteiger partial charge in [0, 0.05) is 12.1 Å². The molecule has 4 N–H and O–H groups in total. The number of hydrogen-bond donors (Lipinski definition) is 3. The van der Waals surface area contributed by atoms with E-state index in [9.17, 15) is 24.4 Å². The number of nitrogens with zero attached hydrogens (tertiary/aromatic N) is 2. The second-order valence-electron chi connectivity index (χ2n) is 10.8. The van der Waals surface area contributed by atoms with Crippen LogP contribution in [0.15, 0.2) is 36.4 Å². The number of amides is 4. The highest BCUT2D eigenvalue weighted by molar-refractivity contribution is 6.00. The van der Waals surface area contributed by atoms with Crippen LogP contribution < -0.4 is 16.4 Å². The molecule has 0 fully saturated rings. The number of nitrogens with one attached hydrogen (secondary N) is 2. The lowest BCUT2D eigenvalue weighted by molar-refractivity contribution is -0.140. The standard InChI is InChI=1S/C30H39N5O5/c1-18-11-12-22(17-21(18)4)26(27(37)34-25-19(2)9-8-10-20(25)3)35(16-15-31)28(38)23(13-14-24(32)36)33-29(39)40-30(5,6)7/h8-12,17,23,26H,13-14,16H2,1-7H3,(H2,32,36)(H,33,39)(H,34,37). The highest BCUT2D eigenvalue weighted by atomic mass is 16.6. The zero-order chi connectivity index (χ0) is 30.2. The van der Waals surface area contributed by atoms with Gasteiger partial charge in [0.15, 0.2) is 0 Å². The van der Waals surface area contributed by atoms with Gasteiger partial charge in [-0.05, 0) is 82.7 Å². The van der Waals surface area contributed by atoms with E-state index in [0.717, 1.165) is 27.2 Å². The van der Waals surface area contributed by atoms with Gasteiger partial charge < -0.3 is 26.0 Å².